The van der Waals surface area contributed by atoms with Gasteiger partial charge in [0.25, 0.3) is 0 Å². The Morgan fingerprint density at radius 3 is 2.80 bits per heavy atom. The van der Waals surface area contributed by atoms with E-state index in [1.807, 2.05) is 6.07 Å². The molecule has 110 valence electrons. The average molecular weight is 283 g/mol. The third-order valence-electron chi connectivity index (χ3n) is 4.89. The number of hydrogen-bond acceptors (Lipinski definition) is 1. The molecule has 4 heteroatoms. The van der Waals surface area contributed by atoms with Gasteiger partial charge in [-0.15, -0.1) is 0 Å². The largest absolute Gasteiger partial charge is 0.416 e. The van der Waals surface area contributed by atoms with E-state index >= 15 is 0 Å². The Morgan fingerprint density at radius 1 is 1.25 bits per heavy atom. The number of rotatable bonds is 1. The number of aryl methyl sites for hydroxylation is 1. The summed E-state index contributed by atoms with van der Waals surface area (Å²) >= 11 is 0. The van der Waals surface area contributed by atoms with Gasteiger partial charge >= 0.3 is 6.18 Å². The molecule has 1 aromatic carbocycles. The van der Waals surface area contributed by atoms with E-state index in [4.69, 9.17) is 0 Å². The zero-order valence-corrected chi connectivity index (χ0v) is 11.7. The van der Waals surface area contributed by atoms with Gasteiger partial charge in [0.2, 0.25) is 0 Å². The van der Waals surface area contributed by atoms with Crippen LogP contribution in [0.2, 0.25) is 0 Å². The number of alkyl halides is 3. The Hall–Kier alpha value is -1.03. The molecular formula is C16H20F3N. The van der Waals surface area contributed by atoms with Crippen LogP contribution in [-0.4, -0.2) is 13.1 Å². The Labute approximate surface area is 117 Å². The lowest BCUT2D eigenvalue weighted by atomic mass is 9.83. The first-order valence-electron chi connectivity index (χ1n) is 7.32. The van der Waals surface area contributed by atoms with E-state index in [2.05, 4.69) is 5.32 Å². The highest BCUT2D eigenvalue weighted by Gasteiger charge is 2.56. The maximum absolute atomic E-state index is 13.3. The normalized spacial score (nSPS) is 30.3. The molecule has 2 fully saturated rings. The lowest BCUT2D eigenvalue weighted by Crippen LogP contribution is -2.26. The van der Waals surface area contributed by atoms with Gasteiger partial charge in [-0.2, -0.15) is 13.2 Å². The van der Waals surface area contributed by atoms with Crippen molar-refractivity contribution in [1.29, 1.82) is 0 Å². The van der Waals surface area contributed by atoms with Crippen LogP contribution >= 0.6 is 0 Å². The molecule has 0 amide bonds. The maximum atomic E-state index is 13.3. The van der Waals surface area contributed by atoms with Crippen molar-refractivity contribution < 1.29 is 13.2 Å². The minimum absolute atomic E-state index is 0.208. The van der Waals surface area contributed by atoms with Crippen molar-refractivity contribution in [2.24, 2.45) is 5.92 Å². The van der Waals surface area contributed by atoms with Crippen LogP contribution in [0.15, 0.2) is 18.2 Å². The van der Waals surface area contributed by atoms with Crippen molar-refractivity contribution in [3.63, 3.8) is 0 Å². The van der Waals surface area contributed by atoms with E-state index in [1.54, 1.807) is 13.0 Å². The van der Waals surface area contributed by atoms with Crippen LogP contribution in [0.5, 0.6) is 0 Å². The second kappa shape index (κ2) is 4.76. The standard InChI is InChI=1S/C16H20F3N/c1-11-3-4-13(14(9-11)16(17,18)19)15-6-2-7-20-8-5-12(15)10-15/h3-4,9,12,20H,2,5-8,10H2,1H3/t12?,15-/m1/s1. The second-order valence-corrected chi connectivity index (χ2v) is 6.25. The van der Waals surface area contributed by atoms with E-state index in [0.717, 1.165) is 38.8 Å². The number of benzene rings is 1. The summed E-state index contributed by atoms with van der Waals surface area (Å²) < 4.78 is 40.0. The van der Waals surface area contributed by atoms with Gasteiger partial charge in [-0.1, -0.05) is 17.7 Å². The van der Waals surface area contributed by atoms with E-state index in [-0.39, 0.29) is 5.41 Å². The highest BCUT2D eigenvalue weighted by molar-refractivity contribution is 5.44. The Balaban J connectivity index is 2.01. The smallest absolute Gasteiger partial charge is 0.317 e. The monoisotopic (exact) mass is 283 g/mol. The van der Waals surface area contributed by atoms with Gasteiger partial charge in [0, 0.05) is 0 Å². The molecular weight excluding hydrogens is 263 g/mol. The van der Waals surface area contributed by atoms with Gasteiger partial charge in [0.15, 0.2) is 0 Å². The molecule has 1 nitrogen and oxygen atoms in total. The number of hydrogen-bond donors (Lipinski definition) is 1. The quantitative estimate of drug-likeness (QED) is 0.820. The molecule has 0 aromatic heterocycles. The molecule has 2 atom stereocenters. The van der Waals surface area contributed by atoms with Gasteiger partial charge < -0.3 is 5.32 Å². The average Bonchev–Trinajstić information content (AvgIpc) is 3.01. The fourth-order valence-electron chi connectivity index (χ4n) is 3.79. The van der Waals surface area contributed by atoms with Crippen LogP contribution in [0, 0.1) is 12.8 Å². The van der Waals surface area contributed by atoms with Crippen molar-refractivity contribution >= 4 is 0 Å². The predicted octanol–water partition coefficient (Wildman–Crippen LogP) is 4.05. The zero-order valence-electron chi connectivity index (χ0n) is 11.7. The number of fused-ring (bicyclic) bond motifs is 1. The summed E-state index contributed by atoms with van der Waals surface area (Å²) in [6.45, 7) is 3.57. The Kier molecular flexibility index (Phi) is 3.32. The van der Waals surface area contributed by atoms with Gasteiger partial charge in [-0.3, -0.25) is 0 Å². The van der Waals surface area contributed by atoms with Crippen LogP contribution < -0.4 is 5.32 Å². The lowest BCUT2D eigenvalue weighted by Gasteiger charge is -2.25. The molecule has 1 aromatic rings. The van der Waals surface area contributed by atoms with E-state index in [1.165, 1.54) is 6.07 Å². The summed E-state index contributed by atoms with van der Waals surface area (Å²) in [6, 6.07) is 4.87. The molecule has 2 aliphatic rings. The van der Waals surface area contributed by atoms with Crippen molar-refractivity contribution in [2.45, 2.75) is 44.2 Å². The van der Waals surface area contributed by atoms with Crippen LogP contribution in [0.3, 0.4) is 0 Å². The van der Waals surface area contributed by atoms with Crippen LogP contribution in [0.1, 0.15) is 42.4 Å². The molecule has 0 radical (unpaired) electrons. The maximum Gasteiger partial charge on any atom is 0.416 e. The van der Waals surface area contributed by atoms with Crippen molar-refractivity contribution in [3.8, 4) is 0 Å². The van der Waals surface area contributed by atoms with Gasteiger partial charge in [-0.25, -0.2) is 0 Å². The highest BCUT2D eigenvalue weighted by Crippen LogP contribution is 2.61. The molecule has 1 saturated carbocycles. The van der Waals surface area contributed by atoms with E-state index < -0.39 is 11.7 Å². The third-order valence-corrected chi connectivity index (χ3v) is 4.89. The Bertz CT molecular complexity index is 509. The first kappa shape index (κ1) is 13.9. The first-order chi connectivity index (χ1) is 9.43. The fraction of sp³-hybridized carbons (Fsp3) is 0.625. The predicted molar refractivity (Wildman–Crippen MR) is 72.7 cm³/mol. The summed E-state index contributed by atoms with van der Waals surface area (Å²) in [5.41, 5.74) is 0.610. The highest BCUT2D eigenvalue weighted by atomic mass is 19.4. The molecule has 3 rings (SSSR count). The molecule has 0 bridgehead atoms. The zero-order chi connectivity index (χ0) is 14.4. The van der Waals surface area contributed by atoms with Crippen LogP contribution in [0.4, 0.5) is 13.2 Å². The van der Waals surface area contributed by atoms with Crippen molar-refractivity contribution in [1.82, 2.24) is 5.32 Å². The van der Waals surface area contributed by atoms with Crippen molar-refractivity contribution in [3.05, 3.63) is 34.9 Å². The minimum atomic E-state index is -4.25. The third kappa shape index (κ3) is 2.34. The van der Waals surface area contributed by atoms with E-state index in [0.29, 0.717) is 17.0 Å². The molecule has 20 heavy (non-hydrogen) atoms. The van der Waals surface area contributed by atoms with Crippen molar-refractivity contribution in [2.75, 3.05) is 13.1 Å². The van der Waals surface area contributed by atoms with Gasteiger partial charge in [-0.05, 0) is 68.7 Å². The molecule has 1 heterocycles. The first-order valence-corrected chi connectivity index (χ1v) is 7.32. The molecule has 1 N–H and O–H groups in total. The molecule has 1 aliphatic carbocycles. The van der Waals surface area contributed by atoms with Gasteiger partial charge in [0.1, 0.15) is 0 Å². The summed E-state index contributed by atoms with van der Waals surface area (Å²) in [4.78, 5) is 0. The molecule has 1 unspecified atom stereocenters. The second-order valence-electron chi connectivity index (χ2n) is 6.25. The summed E-state index contributed by atoms with van der Waals surface area (Å²) in [6.07, 6.45) is -0.506. The Morgan fingerprint density at radius 2 is 2.05 bits per heavy atom. The SMILES string of the molecule is Cc1ccc([C@@]23CCCNCCC2C3)c(C(F)(F)F)c1. The molecule has 1 aliphatic heterocycles. The van der Waals surface area contributed by atoms with Gasteiger partial charge in [0.05, 0.1) is 5.56 Å². The summed E-state index contributed by atoms with van der Waals surface area (Å²) in [5, 5.41) is 3.34. The summed E-state index contributed by atoms with van der Waals surface area (Å²) in [7, 11) is 0. The van der Waals surface area contributed by atoms with Crippen LogP contribution in [0.25, 0.3) is 0 Å². The topological polar surface area (TPSA) is 12.0 Å². The number of halogens is 3. The van der Waals surface area contributed by atoms with Crippen LogP contribution in [-0.2, 0) is 11.6 Å². The molecule has 1 saturated heterocycles. The number of nitrogens with one attached hydrogen (secondary N) is 1. The summed E-state index contributed by atoms with van der Waals surface area (Å²) in [5.74, 6) is 0.416. The minimum Gasteiger partial charge on any atom is -0.317 e. The van der Waals surface area contributed by atoms with E-state index in [9.17, 15) is 13.2 Å². The molecule has 0 spiro atoms. The lowest BCUT2D eigenvalue weighted by molar-refractivity contribution is -0.138. The fourth-order valence-corrected chi connectivity index (χ4v) is 3.79.